The maximum Gasteiger partial charge on any atom is 0.303 e. The third kappa shape index (κ3) is 20.1. The van der Waals surface area contributed by atoms with E-state index in [9.17, 15) is 4.79 Å². The minimum Gasteiger partial charge on any atom is -0.481 e. The van der Waals surface area contributed by atoms with Gasteiger partial charge in [0.1, 0.15) is 0 Å². The zero-order valence-electron chi connectivity index (χ0n) is 22.9. The number of carbonyl (C=O) groups is 1. The molecule has 3 nitrogen and oxygen atoms in total. The summed E-state index contributed by atoms with van der Waals surface area (Å²) in [4.78, 5) is 10.3. The third-order valence-electron chi connectivity index (χ3n) is 6.72. The van der Waals surface area contributed by atoms with Crippen LogP contribution in [0.15, 0.2) is 0 Å². The van der Waals surface area contributed by atoms with Crippen molar-refractivity contribution >= 4 is 5.97 Å². The molecule has 3 heteroatoms. The Labute approximate surface area is 201 Å². The van der Waals surface area contributed by atoms with E-state index in [2.05, 4.69) is 41.5 Å². The molecule has 0 spiro atoms. The van der Waals surface area contributed by atoms with Crippen molar-refractivity contribution in [2.45, 2.75) is 169 Å². The van der Waals surface area contributed by atoms with Crippen LogP contribution in [0.3, 0.4) is 0 Å². The SMILES string of the molecule is CC1(C)CC(C)(C)CC(C)(N)C1.CCCCCCCCCCCCCCCCCC(=O)O. The highest BCUT2D eigenvalue weighted by atomic mass is 16.4. The maximum absolute atomic E-state index is 10.3. The highest BCUT2D eigenvalue weighted by molar-refractivity contribution is 5.66. The van der Waals surface area contributed by atoms with Crippen molar-refractivity contribution in [3.8, 4) is 0 Å². The molecule has 0 aliphatic heterocycles. The second-order valence-corrected chi connectivity index (χ2v) is 12.6. The van der Waals surface area contributed by atoms with Crippen molar-refractivity contribution in [1.82, 2.24) is 0 Å². The lowest BCUT2D eigenvalue weighted by Crippen LogP contribution is -2.49. The van der Waals surface area contributed by atoms with Crippen LogP contribution < -0.4 is 5.73 Å². The first-order chi connectivity index (χ1) is 14.9. The molecule has 0 bridgehead atoms. The Hall–Kier alpha value is -0.570. The fraction of sp³-hybridized carbons (Fsp3) is 0.966. The van der Waals surface area contributed by atoms with Gasteiger partial charge in [-0.1, -0.05) is 125 Å². The highest BCUT2D eigenvalue weighted by Gasteiger charge is 2.42. The summed E-state index contributed by atoms with van der Waals surface area (Å²) in [6, 6.07) is 0. The van der Waals surface area contributed by atoms with Gasteiger partial charge in [-0.25, -0.2) is 0 Å². The fourth-order valence-corrected chi connectivity index (χ4v) is 6.32. The van der Waals surface area contributed by atoms with Crippen molar-refractivity contribution in [3.63, 3.8) is 0 Å². The van der Waals surface area contributed by atoms with E-state index in [-0.39, 0.29) is 5.54 Å². The van der Waals surface area contributed by atoms with Crippen LogP contribution in [0, 0.1) is 10.8 Å². The van der Waals surface area contributed by atoms with E-state index in [1.807, 2.05) is 0 Å². The summed E-state index contributed by atoms with van der Waals surface area (Å²) in [7, 11) is 0. The molecule has 0 radical (unpaired) electrons. The molecule has 0 heterocycles. The summed E-state index contributed by atoms with van der Waals surface area (Å²) in [5.41, 5.74) is 7.12. The highest BCUT2D eigenvalue weighted by Crippen LogP contribution is 2.48. The monoisotopic (exact) mass is 453 g/mol. The van der Waals surface area contributed by atoms with Gasteiger partial charge in [0, 0.05) is 12.0 Å². The van der Waals surface area contributed by atoms with Crippen LogP contribution in [0.4, 0.5) is 0 Å². The van der Waals surface area contributed by atoms with E-state index >= 15 is 0 Å². The molecule has 0 aromatic heterocycles. The third-order valence-corrected chi connectivity index (χ3v) is 6.72. The molecule has 0 atom stereocenters. The number of unbranched alkanes of at least 4 members (excludes halogenated alkanes) is 14. The quantitative estimate of drug-likeness (QED) is 0.229. The number of carboxylic acid groups (broad SMARTS) is 1. The van der Waals surface area contributed by atoms with Crippen molar-refractivity contribution < 1.29 is 9.90 Å². The maximum atomic E-state index is 10.3. The smallest absolute Gasteiger partial charge is 0.303 e. The Balaban J connectivity index is 0.000000677. The van der Waals surface area contributed by atoms with E-state index in [0.29, 0.717) is 17.3 Å². The Bertz CT molecular complexity index is 422. The normalized spacial score (nSPS) is 18.6. The Morgan fingerprint density at radius 3 is 1.22 bits per heavy atom. The lowest BCUT2D eigenvalue weighted by molar-refractivity contribution is -0.137. The first-order valence-electron chi connectivity index (χ1n) is 13.9. The molecule has 0 aromatic carbocycles. The summed E-state index contributed by atoms with van der Waals surface area (Å²) in [6.45, 7) is 13.8. The lowest BCUT2D eigenvalue weighted by atomic mass is 9.59. The van der Waals surface area contributed by atoms with Crippen molar-refractivity contribution in [1.29, 1.82) is 0 Å². The summed E-state index contributed by atoms with van der Waals surface area (Å²) in [5.74, 6) is -0.653. The van der Waals surface area contributed by atoms with Gasteiger partial charge < -0.3 is 10.8 Å². The van der Waals surface area contributed by atoms with Crippen molar-refractivity contribution in [2.75, 3.05) is 0 Å². The Kier molecular flexibility index (Phi) is 16.7. The summed E-state index contributed by atoms with van der Waals surface area (Å²) < 4.78 is 0. The van der Waals surface area contributed by atoms with Crippen LogP contribution in [0.1, 0.15) is 164 Å². The van der Waals surface area contributed by atoms with Crippen LogP contribution in [-0.2, 0) is 4.79 Å². The molecule has 1 saturated carbocycles. The van der Waals surface area contributed by atoms with Gasteiger partial charge >= 0.3 is 5.97 Å². The van der Waals surface area contributed by atoms with Crippen LogP contribution in [-0.4, -0.2) is 16.6 Å². The lowest BCUT2D eigenvalue weighted by Gasteiger charge is -2.49. The number of rotatable bonds is 16. The number of carboxylic acids is 1. The topological polar surface area (TPSA) is 63.3 Å². The van der Waals surface area contributed by atoms with Crippen molar-refractivity contribution in [2.24, 2.45) is 16.6 Å². The zero-order valence-corrected chi connectivity index (χ0v) is 22.9. The van der Waals surface area contributed by atoms with Gasteiger partial charge in [-0.2, -0.15) is 0 Å². The average Bonchev–Trinajstić information content (AvgIpc) is 2.61. The fourth-order valence-electron chi connectivity index (χ4n) is 6.32. The molecule has 1 aliphatic carbocycles. The first kappa shape index (κ1) is 31.4. The molecule has 1 aliphatic rings. The van der Waals surface area contributed by atoms with Crippen molar-refractivity contribution in [3.05, 3.63) is 0 Å². The predicted molar refractivity (Wildman–Crippen MR) is 141 cm³/mol. The number of hydrogen-bond donors (Lipinski definition) is 2. The summed E-state index contributed by atoms with van der Waals surface area (Å²) in [5, 5.41) is 8.52. The molecular weight excluding hydrogens is 394 g/mol. The van der Waals surface area contributed by atoms with Gasteiger partial charge in [0.25, 0.3) is 0 Å². The summed E-state index contributed by atoms with van der Waals surface area (Å²) >= 11 is 0. The minimum absolute atomic E-state index is 0.0469. The average molecular weight is 454 g/mol. The van der Waals surface area contributed by atoms with Gasteiger partial charge in [-0.15, -0.1) is 0 Å². The molecule has 3 N–H and O–H groups in total. The molecule has 192 valence electrons. The molecule has 0 aromatic rings. The number of hydrogen-bond acceptors (Lipinski definition) is 2. The van der Waals surface area contributed by atoms with E-state index in [0.717, 1.165) is 25.7 Å². The molecule has 0 amide bonds. The molecule has 0 saturated heterocycles. The number of nitrogens with two attached hydrogens (primary N) is 1. The molecular formula is C29H59NO2. The molecule has 32 heavy (non-hydrogen) atoms. The van der Waals surface area contributed by atoms with Crippen LogP contribution in [0.25, 0.3) is 0 Å². The predicted octanol–water partition coefficient (Wildman–Crippen LogP) is 9.27. The second-order valence-electron chi connectivity index (χ2n) is 12.6. The van der Waals surface area contributed by atoms with Gasteiger partial charge in [-0.05, 0) is 43.4 Å². The van der Waals surface area contributed by atoms with Crippen LogP contribution in [0.2, 0.25) is 0 Å². The standard InChI is InChI=1S/C18H36O2.C11H23N/c1-2-3-4-5-6-7-8-9-10-11-12-13-14-15-16-17-18(19)20;1-9(2)6-10(3,4)8-11(5,12)7-9/h2-17H2,1H3,(H,19,20);6-8,12H2,1-5H3. The largest absolute Gasteiger partial charge is 0.481 e. The van der Waals surface area contributed by atoms with Crippen LogP contribution in [0.5, 0.6) is 0 Å². The molecule has 1 fully saturated rings. The molecule has 0 unspecified atom stereocenters. The van der Waals surface area contributed by atoms with E-state index in [4.69, 9.17) is 10.8 Å². The zero-order chi connectivity index (χ0) is 24.5. The minimum atomic E-state index is -0.653. The Morgan fingerprint density at radius 2 is 0.938 bits per heavy atom. The van der Waals surface area contributed by atoms with Gasteiger partial charge in [-0.3, -0.25) is 4.79 Å². The Morgan fingerprint density at radius 1 is 0.625 bits per heavy atom. The van der Waals surface area contributed by atoms with Gasteiger partial charge in [0.05, 0.1) is 0 Å². The van der Waals surface area contributed by atoms with E-state index < -0.39 is 5.97 Å². The first-order valence-corrected chi connectivity index (χ1v) is 13.9. The van der Waals surface area contributed by atoms with Gasteiger partial charge in [0.15, 0.2) is 0 Å². The van der Waals surface area contributed by atoms with Crippen LogP contribution >= 0.6 is 0 Å². The van der Waals surface area contributed by atoms with E-state index in [1.54, 1.807) is 0 Å². The van der Waals surface area contributed by atoms with Gasteiger partial charge in [0.2, 0.25) is 0 Å². The number of aliphatic carboxylic acids is 1. The van der Waals surface area contributed by atoms with E-state index in [1.165, 1.54) is 89.9 Å². The molecule has 1 rings (SSSR count). The second kappa shape index (κ2) is 17.0. The summed E-state index contributed by atoms with van der Waals surface area (Å²) in [6.07, 6.45) is 23.8.